The summed E-state index contributed by atoms with van der Waals surface area (Å²) < 4.78 is 14.4. The number of benzene rings is 1. The van der Waals surface area contributed by atoms with Gasteiger partial charge in [-0.25, -0.2) is 4.39 Å². The monoisotopic (exact) mass is 355 g/mol. The third-order valence-electron chi connectivity index (χ3n) is 5.66. The topological polar surface area (TPSA) is 12.0 Å². The van der Waals surface area contributed by atoms with Crippen molar-refractivity contribution in [3.05, 3.63) is 34.1 Å². The summed E-state index contributed by atoms with van der Waals surface area (Å²) in [5, 5.41) is 3.69. The van der Waals surface area contributed by atoms with E-state index in [-0.39, 0.29) is 5.82 Å². The Labute approximate surface area is 136 Å². The highest BCUT2D eigenvalue weighted by Crippen LogP contribution is 2.69. The van der Waals surface area contributed by atoms with Crippen molar-refractivity contribution >= 4 is 15.9 Å². The van der Waals surface area contributed by atoms with Gasteiger partial charge in [-0.1, -0.05) is 46.8 Å². The Morgan fingerprint density at radius 3 is 2.38 bits per heavy atom. The molecule has 1 saturated carbocycles. The SMILES string of the molecule is CCCNC(Cc1cccc(F)c1Br)C1C(C)(C)C1(C)C. The molecule has 0 bridgehead atoms. The normalized spacial score (nSPS) is 21.3. The minimum atomic E-state index is -0.170. The van der Waals surface area contributed by atoms with Gasteiger partial charge in [-0.05, 0) is 63.7 Å². The molecule has 0 aromatic heterocycles. The summed E-state index contributed by atoms with van der Waals surface area (Å²) in [6.45, 7) is 12.6. The molecule has 1 N–H and O–H groups in total. The largest absolute Gasteiger partial charge is 0.313 e. The quantitative estimate of drug-likeness (QED) is 0.740. The molecule has 0 spiro atoms. The van der Waals surface area contributed by atoms with Crippen molar-refractivity contribution in [3.63, 3.8) is 0 Å². The number of nitrogens with one attached hydrogen (secondary N) is 1. The van der Waals surface area contributed by atoms with Crippen LogP contribution in [0.5, 0.6) is 0 Å². The van der Waals surface area contributed by atoms with E-state index < -0.39 is 0 Å². The van der Waals surface area contributed by atoms with Gasteiger partial charge >= 0.3 is 0 Å². The molecular weight excluding hydrogens is 329 g/mol. The van der Waals surface area contributed by atoms with Crippen molar-refractivity contribution in [3.8, 4) is 0 Å². The maximum absolute atomic E-state index is 13.7. The summed E-state index contributed by atoms with van der Waals surface area (Å²) in [7, 11) is 0. The third-order valence-corrected chi connectivity index (χ3v) is 6.55. The van der Waals surface area contributed by atoms with Gasteiger partial charge in [-0.3, -0.25) is 0 Å². The van der Waals surface area contributed by atoms with E-state index in [2.05, 4.69) is 55.9 Å². The van der Waals surface area contributed by atoms with E-state index in [0.717, 1.165) is 24.9 Å². The van der Waals surface area contributed by atoms with Gasteiger partial charge in [0.25, 0.3) is 0 Å². The highest BCUT2D eigenvalue weighted by Gasteiger charge is 2.66. The molecule has 1 nitrogen and oxygen atoms in total. The van der Waals surface area contributed by atoms with Gasteiger partial charge in [0.15, 0.2) is 0 Å². The minimum Gasteiger partial charge on any atom is -0.313 e. The van der Waals surface area contributed by atoms with E-state index in [1.807, 2.05) is 6.07 Å². The van der Waals surface area contributed by atoms with E-state index >= 15 is 0 Å². The minimum absolute atomic E-state index is 0.170. The maximum Gasteiger partial charge on any atom is 0.137 e. The second kappa shape index (κ2) is 6.00. The van der Waals surface area contributed by atoms with Crippen LogP contribution >= 0.6 is 15.9 Å². The molecule has 1 atom stereocenters. The second-order valence-electron chi connectivity index (χ2n) is 7.40. The number of hydrogen-bond acceptors (Lipinski definition) is 1. The van der Waals surface area contributed by atoms with Crippen LogP contribution in [-0.4, -0.2) is 12.6 Å². The zero-order valence-corrected chi connectivity index (χ0v) is 15.3. The van der Waals surface area contributed by atoms with Crippen LogP contribution in [0.15, 0.2) is 22.7 Å². The zero-order chi connectivity index (χ0) is 15.8. The Kier molecular flexibility index (Phi) is 4.84. The highest BCUT2D eigenvalue weighted by atomic mass is 79.9. The summed E-state index contributed by atoms with van der Waals surface area (Å²) in [6, 6.07) is 5.73. The highest BCUT2D eigenvalue weighted by molar-refractivity contribution is 9.10. The van der Waals surface area contributed by atoms with Gasteiger partial charge < -0.3 is 5.32 Å². The maximum atomic E-state index is 13.7. The standard InChI is InChI=1S/C18H27BrFN/c1-6-10-21-14(16-17(2,3)18(16,4)5)11-12-8-7-9-13(20)15(12)19/h7-9,14,16,21H,6,10-11H2,1-5H3. The first kappa shape index (κ1) is 17.0. The van der Waals surface area contributed by atoms with E-state index in [9.17, 15) is 4.39 Å². The Hall–Kier alpha value is -0.410. The predicted molar refractivity (Wildman–Crippen MR) is 90.9 cm³/mol. The average Bonchev–Trinajstić information content (AvgIpc) is 2.81. The van der Waals surface area contributed by atoms with Crippen molar-refractivity contribution in [2.45, 2.75) is 53.5 Å². The molecule has 1 aromatic rings. The van der Waals surface area contributed by atoms with E-state index in [1.165, 1.54) is 6.07 Å². The van der Waals surface area contributed by atoms with Crippen LogP contribution in [0.2, 0.25) is 0 Å². The Balaban J connectivity index is 2.20. The van der Waals surface area contributed by atoms with E-state index in [1.54, 1.807) is 6.07 Å². The van der Waals surface area contributed by atoms with Crippen molar-refractivity contribution in [2.75, 3.05) is 6.54 Å². The Morgan fingerprint density at radius 1 is 1.24 bits per heavy atom. The lowest BCUT2D eigenvalue weighted by atomic mass is 9.96. The molecule has 21 heavy (non-hydrogen) atoms. The molecule has 1 aliphatic carbocycles. The molecule has 3 heteroatoms. The van der Waals surface area contributed by atoms with Crippen LogP contribution in [0, 0.1) is 22.6 Å². The molecule has 1 aliphatic rings. The fourth-order valence-electron chi connectivity index (χ4n) is 3.83. The summed E-state index contributed by atoms with van der Waals surface area (Å²) in [4.78, 5) is 0. The van der Waals surface area contributed by atoms with Gasteiger partial charge in [0.2, 0.25) is 0 Å². The fourth-order valence-corrected chi connectivity index (χ4v) is 4.26. The van der Waals surface area contributed by atoms with Crippen LogP contribution in [0.3, 0.4) is 0 Å². The van der Waals surface area contributed by atoms with E-state index in [0.29, 0.717) is 27.3 Å². The lowest BCUT2D eigenvalue weighted by molar-refractivity contribution is 0.394. The van der Waals surface area contributed by atoms with Crippen LogP contribution in [-0.2, 0) is 6.42 Å². The van der Waals surface area contributed by atoms with Crippen LogP contribution < -0.4 is 5.32 Å². The molecule has 118 valence electrons. The molecule has 1 aromatic carbocycles. The average molecular weight is 356 g/mol. The summed E-state index contributed by atoms with van der Waals surface area (Å²) in [6.07, 6.45) is 1.99. The Morgan fingerprint density at radius 2 is 1.86 bits per heavy atom. The van der Waals surface area contributed by atoms with Crippen molar-refractivity contribution < 1.29 is 4.39 Å². The molecule has 0 saturated heterocycles. The van der Waals surface area contributed by atoms with Gasteiger partial charge in [0, 0.05) is 6.04 Å². The first-order chi connectivity index (χ1) is 9.73. The third kappa shape index (κ3) is 3.05. The van der Waals surface area contributed by atoms with Gasteiger partial charge in [0.05, 0.1) is 4.47 Å². The predicted octanol–water partition coefficient (Wildman–Crippen LogP) is 5.18. The number of hydrogen-bond donors (Lipinski definition) is 1. The van der Waals surface area contributed by atoms with Crippen molar-refractivity contribution in [2.24, 2.45) is 16.7 Å². The first-order valence-corrected chi connectivity index (χ1v) is 8.69. The van der Waals surface area contributed by atoms with Crippen LogP contribution in [0.4, 0.5) is 4.39 Å². The van der Waals surface area contributed by atoms with Gasteiger partial charge in [-0.2, -0.15) is 0 Å². The molecular formula is C18H27BrFN. The first-order valence-electron chi connectivity index (χ1n) is 7.89. The summed E-state index contributed by atoms with van der Waals surface area (Å²) in [5.74, 6) is 0.447. The van der Waals surface area contributed by atoms with Crippen molar-refractivity contribution in [1.29, 1.82) is 0 Å². The fraction of sp³-hybridized carbons (Fsp3) is 0.667. The molecule has 0 aliphatic heterocycles. The van der Waals surface area contributed by atoms with Crippen LogP contribution in [0.25, 0.3) is 0 Å². The summed E-state index contributed by atoms with van der Waals surface area (Å²) >= 11 is 3.40. The van der Waals surface area contributed by atoms with E-state index in [4.69, 9.17) is 0 Å². The summed E-state index contributed by atoms with van der Waals surface area (Å²) in [5.41, 5.74) is 1.72. The number of rotatable bonds is 6. The smallest absolute Gasteiger partial charge is 0.137 e. The molecule has 0 heterocycles. The van der Waals surface area contributed by atoms with Gasteiger partial charge in [-0.15, -0.1) is 0 Å². The van der Waals surface area contributed by atoms with Crippen molar-refractivity contribution in [1.82, 2.24) is 5.32 Å². The molecule has 0 amide bonds. The molecule has 0 radical (unpaired) electrons. The molecule has 1 fully saturated rings. The second-order valence-corrected chi connectivity index (χ2v) is 8.19. The number of halogens is 2. The van der Waals surface area contributed by atoms with Crippen LogP contribution in [0.1, 0.15) is 46.6 Å². The zero-order valence-electron chi connectivity index (χ0n) is 13.8. The van der Waals surface area contributed by atoms with Gasteiger partial charge in [0.1, 0.15) is 5.82 Å². The molecule has 2 rings (SSSR count). The lowest BCUT2D eigenvalue weighted by Crippen LogP contribution is -2.36. The lowest BCUT2D eigenvalue weighted by Gasteiger charge is -2.22. The molecule has 1 unspecified atom stereocenters. The Bertz CT molecular complexity index is 496.